The lowest BCUT2D eigenvalue weighted by Gasteiger charge is -2.15. The van der Waals surface area contributed by atoms with E-state index in [0.29, 0.717) is 18.7 Å². The second kappa shape index (κ2) is 9.42. The molecule has 1 saturated heterocycles. The average molecular weight is 473 g/mol. The molecule has 1 heterocycles. The zero-order chi connectivity index (χ0) is 22.6. The number of benzene rings is 2. The molecule has 2 aromatic rings. The molecular formula is C21H20ClF3N2O3S. The quantitative estimate of drug-likeness (QED) is 0.631. The van der Waals surface area contributed by atoms with E-state index in [1.54, 1.807) is 12.1 Å². The normalized spacial score (nSPS) is 15.5. The SMILES string of the molecule is O=C(/C=C/c1cc(C(F)(F)F)ccc1Cl)NCc1ccc(S(=O)(=O)N2CCCC2)cc1. The zero-order valence-electron chi connectivity index (χ0n) is 16.3. The van der Waals surface area contributed by atoms with Crippen LogP contribution in [0.5, 0.6) is 0 Å². The molecule has 166 valence electrons. The van der Waals surface area contributed by atoms with Gasteiger partial charge in [0.1, 0.15) is 0 Å². The van der Waals surface area contributed by atoms with Gasteiger partial charge in [-0.25, -0.2) is 8.42 Å². The van der Waals surface area contributed by atoms with Gasteiger partial charge in [-0.3, -0.25) is 4.79 Å². The molecule has 0 aromatic heterocycles. The predicted molar refractivity (Wildman–Crippen MR) is 112 cm³/mol. The highest BCUT2D eigenvalue weighted by molar-refractivity contribution is 7.89. The Kier molecular flexibility index (Phi) is 7.08. The predicted octanol–water partition coefficient (Wildman–Crippen LogP) is 4.47. The molecule has 1 N–H and O–H groups in total. The van der Waals surface area contributed by atoms with E-state index in [1.165, 1.54) is 22.5 Å². The van der Waals surface area contributed by atoms with Gasteiger partial charge < -0.3 is 5.32 Å². The molecular weight excluding hydrogens is 453 g/mol. The first-order valence-electron chi connectivity index (χ1n) is 9.49. The first-order chi connectivity index (χ1) is 14.6. The number of nitrogens with one attached hydrogen (secondary N) is 1. The minimum absolute atomic E-state index is 0.0723. The summed E-state index contributed by atoms with van der Waals surface area (Å²) in [6.45, 7) is 1.16. The van der Waals surface area contributed by atoms with Crippen LogP contribution in [0.25, 0.3) is 6.08 Å². The van der Waals surface area contributed by atoms with Gasteiger partial charge in [-0.15, -0.1) is 0 Å². The topological polar surface area (TPSA) is 66.5 Å². The first kappa shape index (κ1) is 23.3. The van der Waals surface area contributed by atoms with Crippen molar-refractivity contribution in [3.05, 3.63) is 70.3 Å². The van der Waals surface area contributed by atoms with Crippen LogP contribution in [0.15, 0.2) is 53.4 Å². The lowest BCUT2D eigenvalue weighted by molar-refractivity contribution is -0.137. The highest BCUT2D eigenvalue weighted by Crippen LogP contribution is 2.32. The van der Waals surface area contributed by atoms with Gasteiger partial charge in [0, 0.05) is 30.7 Å². The number of rotatable bonds is 6. The summed E-state index contributed by atoms with van der Waals surface area (Å²) in [6.07, 6.45) is -0.513. The summed E-state index contributed by atoms with van der Waals surface area (Å²) >= 11 is 5.90. The Morgan fingerprint density at radius 2 is 1.74 bits per heavy atom. The minimum atomic E-state index is -4.51. The van der Waals surface area contributed by atoms with Crippen LogP contribution in [-0.4, -0.2) is 31.7 Å². The third-order valence-electron chi connectivity index (χ3n) is 4.83. The van der Waals surface area contributed by atoms with Gasteiger partial charge in [0.05, 0.1) is 10.5 Å². The molecule has 1 fully saturated rings. The van der Waals surface area contributed by atoms with Gasteiger partial charge in [-0.05, 0) is 60.4 Å². The van der Waals surface area contributed by atoms with Crippen LogP contribution in [0.3, 0.4) is 0 Å². The second-order valence-corrected chi connectivity index (χ2v) is 9.39. The van der Waals surface area contributed by atoms with Crippen molar-refractivity contribution in [1.29, 1.82) is 0 Å². The number of sulfonamides is 1. The fourth-order valence-corrected chi connectivity index (χ4v) is 4.82. The average Bonchev–Trinajstić information content (AvgIpc) is 3.27. The van der Waals surface area contributed by atoms with Crippen LogP contribution in [0.2, 0.25) is 5.02 Å². The fraction of sp³-hybridized carbons (Fsp3) is 0.286. The number of carbonyl (C=O) groups is 1. The van der Waals surface area contributed by atoms with Crippen molar-refractivity contribution in [3.8, 4) is 0 Å². The summed E-state index contributed by atoms with van der Waals surface area (Å²) < 4.78 is 64.9. The molecule has 3 rings (SSSR count). The smallest absolute Gasteiger partial charge is 0.348 e. The number of amides is 1. The Balaban J connectivity index is 1.60. The molecule has 0 saturated carbocycles. The Bertz CT molecular complexity index is 1080. The maximum Gasteiger partial charge on any atom is 0.416 e. The Hall–Kier alpha value is -2.36. The molecule has 10 heteroatoms. The molecule has 0 spiro atoms. The van der Waals surface area contributed by atoms with Crippen LogP contribution < -0.4 is 5.32 Å². The van der Waals surface area contributed by atoms with Crippen LogP contribution in [0.4, 0.5) is 13.2 Å². The summed E-state index contributed by atoms with van der Waals surface area (Å²) in [5, 5.41) is 2.69. The number of hydrogen-bond donors (Lipinski definition) is 1. The van der Waals surface area contributed by atoms with E-state index in [9.17, 15) is 26.4 Å². The van der Waals surface area contributed by atoms with E-state index >= 15 is 0 Å². The van der Waals surface area contributed by atoms with Crippen molar-refractivity contribution in [3.63, 3.8) is 0 Å². The Morgan fingerprint density at radius 3 is 2.35 bits per heavy atom. The van der Waals surface area contributed by atoms with Gasteiger partial charge in [-0.2, -0.15) is 17.5 Å². The van der Waals surface area contributed by atoms with Crippen molar-refractivity contribution in [2.24, 2.45) is 0 Å². The Labute approximate surface area is 183 Å². The molecule has 1 aliphatic rings. The molecule has 5 nitrogen and oxygen atoms in total. The Morgan fingerprint density at radius 1 is 1.10 bits per heavy atom. The fourth-order valence-electron chi connectivity index (χ4n) is 3.12. The second-order valence-electron chi connectivity index (χ2n) is 7.04. The highest BCUT2D eigenvalue weighted by Gasteiger charge is 2.30. The van der Waals surface area contributed by atoms with E-state index < -0.39 is 27.7 Å². The van der Waals surface area contributed by atoms with Crippen molar-refractivity contribution in [1.82, 2.24) is 9.62 Å². The third kappa shape index (κ3) is 5.87. The van der Waals surface area contributed by atoms with Crippen LogP contribution in [0.1, 0.15) is 29.5 Å². The lowest BCUT2D eigenvalue weighted by atomic mass is 10.1. The molecule has 0 bridgehead atoms. The van der Waals surface area contributed by atoms with E-state index in [1.807, 2.05) is 0 Å². The number of nitrogens with zero attached hydrogens (tertiary/aromatic N) is 1. The van der Waals surface area contributed by atoms with Gasteiger partial charge >= 0.3 is 6.18 Å². The van der Waals surface area contributed by atoms with E-state index in [0.717, 1.165) is 37.1 Å². The van der Waals surface area contributed by atoms with Crippen molar-refractivity contribution >= 4 is 33.6 Å². The molecule has 0 unspecified atom stereocenters. The molecule has 0 aliphatic carbocycles. The van der Waals surface area contributed by atoms with Gasteiger partial charge in [0.25, 0.3) is 0 Å². The summed E-state index contributed by atoms with van der Waals surface area (Å²) in [7, 11) is -3.50. The van der Waals surface area contributed by atoms with Crippen LogP contribution in [0, 0.1) is 0 Å². The molecule has 1 aliphatic heterocycles. The van der Waals surface area contributed by atoms with E-state index in [2.05, 4.69) is 5.32 Å². The van der Waals surface area contributed by atoms with Crippen molar-refractivity contribution in [2.45, 2.75) is 30.5 Å². The summed E-state index contributed by atoms with van der Waals surface area (Å²) in [4.78, 5) is 12.2. The monoisotopic (exact) mass is 472 g/mol. The minimum Gasteiger partial charge on any atom is -0.348 e. The van der Waals surface area contributed by atoms with Gasteiger partial charge in [0.15, 0.2) is 0 Å². The molecule has 31 heavy (non-hydrogen) atoms. The number of alkyl halides is 3. The van der Waals surface area contributed by atoms with Gasteiger partial charge in [0.2, 0.25) is 15.9 Å². The number of halogens is 4. The standard InChI is InChI=1S/C21H20ClF3N2O3S/c22-19-9-6-17(21(23,24)25)13-16(19)5-10-20(28)26-14-15-3-7-18(8-4-15)31(29,30)27-11-1-2-12-27/h3-10,13H,1-2,11-12,14H2,(H,26,28)/b10-5+. The summed E-state index contributed by atoms with van der Waals surface area (Å²) in [5.74, 6) is -0.526. The maximum atomic E-state index is 12.8. The lowest BCUT2D eigenvalue weighted by Crippen LogP contribution is -2.27. The summed E-state index contributed by atoms with van der Waals surface area (Å²) in [6, 6.07) is 9.06. The molecule has 2 aromatic carbocycles. The van der Waals surface area contributed by atoms with Crippen molar-refractivity contribution < 1.29 is 26.4 Å². The zero-order valence-corrected chi connectivity index (χ0v) is 17.9. The largest absolute Gasteiger partial charge is 0.416 e. The molecule has 1 amide bonds. The first-order valence-corrected chi connectivity index (χ1v) is 11.3. The highest BCUT2D eigenvalue weighted by atomic mass is 35.5. The van der Waals surface area contributed by atoms with Gasteiger partial charge in [-0.1, -0.05) is 23.7 Å². The number of carbonyl (C=O) groups excluding carboxylic acids is 1. The van der Waals surface area contributed by atoms with Crippen LogP contribution in [-0.2, 0) is 27.5 Å². The third-order valence-corrected chi connectivity index (χ3v) is 7.09. The molecule has 0 atom stereocenters. The number of hydrogen-bond acceptors (Lipinski definition) is 3. The van der Waals surface area contributed by atoms with Crippen molar-refractivity contribution in [2.75, 3.05) is 13.1 Å². The summed E-state index contributed by atoms with van der Waals surface area (Å²) in [5.41, 5.74) is -0.108. The maximum absolute atomic E-state index is 12.8. The van der Waals surface area contributed by atoms with Crippen LogP contribution >= 0.6 is 11.6 Å². The molecule has 0 radical (unpaired) electrons. The van der Waals surface area contributed by atoms with E-state index in [-0.39, 0.29) is 22.0 Å². The van der Waals surface area contributed by atoms with E-state index in [4.69, 9.17) is 11.6 Å².